The molecule has 2 rings (SSSR count). The van der Waals surface area contributed by atoms with Gasteiger partial charge in [0.05, 0.1) is 13.5 Å². The minimum atomic E-state index is -0.764. The van der Waals surface area contributed by atoms with Crippen molar-refractivity contribution in [3.8, 4) is 5.75 Å². The molecule has 1 heterocycles. The summed E-state index contributed by atoms with van der Waals surface area (Å²) in [6.45, 7) is 5.35. The van der Waals surface area contributed by atoms with E-state index in [9.17, 15) is 19.5 Å². The van der Waals surface area contributed by atoms with Crippen molar-refractivity contribution in [2.45, 2.75) is 33.7 Å². The fraction of sp³-hybridized carbons (Fsp3) is 0.350. The van der Waals surface area contributed by atoms with Gasteiger partial charge in [-0.25, -0.2) is 4.79 Å². The van der Waals surface area contributed by atoms with E-state index in [4.69, 9.17) is 4.74 Å². The molecule has 7 heteroatoms. The van der Waals surface area contributed by atoms with Gasteiger partial charge in [0.15, 0.2) is 6.61 Å². The van der Waals surface area contributed by atoms with Crippen LogP contribution >= 0.6 is 0 Å². The zero-order chi connectivity index (χ0) is 20.1. The van der Waals surface area contributed by atoms with Crippen LogP contribution in [0.25, 0.3) is 0 Å². The molecule has 0 aliphatic rings. The quantitative estimate of drug-likeness (QED) is 0.592. The first-order chi connectivity index (χ1) is 12.7. The number of hydrogen-bond acceptors (Lipinski definition) is 6. The van der Waals surface area contributed by atoms with E-state index in [1.807, 2.05) is 11.5 Å². The van der Waals surface area contributed by atoms with Crippen molar-refractivity contribution in [1.82, 2.24) is 4.57 Å². The molecule has 7 nitrogen and oxygen atoms in total. The van der Waals surface area contributed by atoms with E-state index in [0.29, 0.717) is 17.8 Å². The van der Waals surface area contributed by atoms with Crippen LogP contribution in [0.1, 0.15) is 44.1 Å². The predicted molar refractivity (Wildman–Crippen MR) is 98.0 cm³/mol. The van der Waals surface area contributed by atoms with E-state index >= 15 is 0 Å². The third-order valence-electron chi connectivity index (χ3n) is 4.35. The number of benzene rings is 1. The molecule has 0 bridgehead atoms. The molecular weight excluding hydrogens is 350 g/mol. The number of rotatable bonds is 7. The zero-order valence-electron chi connectivity index (χ0n) is 15.9. The molecule has 27 heavy (non-hydrogen) atoms. The summed E-state index contributed by atoms with van der Waals surface area (Å²) in [6.07, 6.45) is 0.197. The Balaban J connectivity index is 2.05. The molecular formula is C20H23NO6. The van der Waals surface area contributed by atoms with E-state index in [1.54, 1.807) is 26.0 Å². The van der Waals surface area contributed by atoms with Crippen LogP contribution in [0.2, 0.25) is 0 Å². The number of phenolic OH excluding ortho intramolecular Hbond substituents is 1. The summed E-state index contributed by atoms with van der Waals surface area (Å²) in [6, 6.07) is 6.28. The number of ether oxygens (including phenoxy) is 2. The maximum Gasteiger partial charge on any atom is 0.342 e. The van der Waals surface area contributed by atoms with Gasteiger partial charge in [0.2, 0.25) is 5.78 Å². The van der Waals surface area contributed by atoms with Gasteiger partial charge in [0.1, 0.15) is 11.3 Å². The number of methoxy groups -OCH3 is 1. The van der Waals surface area contributed by atoms with Crippen molar-refractivity contribution >= 4 is 17.7 Å². The highest BCUT2D eigenvalue weighted by molar-refractivity contribution is 6.01. The van der Waals surface area contributed by atoms with Crippen molar-refractivity contribution < 1.29 is 29.0 Å². The number of phenols is 1. The Bertz CT molecular complexity index is 881. The highest BCUT2D eigenvalue weighted by Gasteiger charge is 2.19. The normalized spacial score (nSPS) is 10.5. The number of nitrogens with zero attached hydrogens (tertiary/aromatic N) is 1. The summed E-state index contributed by atoms with van der Waals surface area (Å²) in [5, 5.41) is 9.83. The lowest BCUT2D eigenvalue weighted by molar-refractivity contribution is -0.140. The van der Waals surface area contributed by atoms with E-state index < -0.39 is 12.6 Å². The SMILES string of the molecule is COC(=O)CCn1c(C)cc(C(=O)COC(=O)c2ccc(C)cc2O)c1C. The van der Waals surface area contributed by atoms with Crippen LogP contribution < -0.4 is 0 Å². The summed E-state index contributed by atoms with van der Waals surface area (Å²) < 4.78 is 11.5. The van der Waals surface area contributed by atoms with Crippen LogP contribution in [0, 0.1) is 20.8 Å². The molecule has 0 amide bonds. The highest BCUT2D eigenvalue weighted by Crippen LogP contribution is 2.20. The van der Waals surface area contributed by atoms with Gasteiger partial charge in [-0.2, -0.15) is 0 Å². The molecule has 0 aliphatic carbocycles. The van der Waals surface area contributed by atoms with E-state index in [-0.39, 0.29) is 29.5 Å². The summed E-state index contributed by atoms with van der Waals surface area (Å²) in [4.78, 5) is 35.9. The van der Waals surface area contributed by atoms with Gasteiger partial charge < -0.3 is 19.1 Å². The molecule has 1 aromatic heterocycles. The second-order valence-corrected chi connectivity index (χ2v) is 6.28. The Labute approximate surface area is 157 Å². The number of Topliss-reactive ketones (excluding diaryl/α,β-unsaturated/α-hetero) is 1. The molecule has 144 valence electrons. The van der Waals surface area contributed by atoms with Crippen molar-refractivity contribution in [2.24, 2.45) is 0 Å². The van der Waals surface area contributed by atoms with Gasteiger partial charge in [0.25, 0.3) is 0 Å². The molecule has 1 N–H and O–H groups in total. The molecule has 2 aromatic rings. The van der Waals surface area contributed by atoms with E-state index in [0.717, 1.165) is 11.3 Å². The third-order valence-corrected chi connectivity index (χ3v) is 4.35. The third kappa shape index (κ3) is 4.75. The Morgan fingerprint density at radius 1 is 1.07 bits per heavy atom. The van der Waals surface area contributed by atoms with Crippen molar-refractivity contribution in [1.29, 1.82) is 0 Å². The lowest BCUT2D eigenvalue weighted by Gasteiger charge is -2.09. The van der Waals surface area contributed by atoms with Gasteiger partial charge in [0, 0.05) is 23.5 Å². The molecule has 0 saturated carbocycles. The molecule has 0 radical (unpaired) electrons. The average molecular weight is 373 g/mol. The van der Waals surface area contributed by atoms with Gasteiger partial charge in [-0.1, -0.05) is 6.07 Å². The molecule has 0 fully saturated rings. The van der Waals surface area contributed by atoms with Crippen molar-refractivity contribution in [3.63, 3.8) is 0 Å². The second-order valence-electron chi connectivity index (χ2n) is 6.28. The van der Waals surface area contributed by atoms with E-state index in [1.165, 1.54) is 19.2 Å². The van der Waals surface area contributed by atoms with E-state index in [2.05, 4.69) is 4.74 Å². The molecule has 0 atom stereocenters. The number of aromatic nitrogens is 1. The molecule has 0 spiro atoms. The van der Waals surface area contributed by atoms with Crippen molar-refractivity contribution in [2.75, 3.05) is 13.7 Å². The first-order valence-electron chi connectivity index (χ1n) is 8.48. The van der Waals surface area contributed by atoms with Crippen LogP contribution in [0.3, 0.4) is 0 Å². The standard InChI is InChI=1S/C20H23NO6/c1-12-5-6-15(17(22)9-12)20(25)27-11-18(23)16-10-13(2)21(14(16)3)8-7-19(24)26-4/h5-6,9-10,22H,7-8,11H2,1-4H3. The zero-order valence-corrected chi connectivity index (χ0v) is 15.9. The topological polar surface area (TPSA) is 94.8 Å². The fourth-order valence-electron chi connectivity index (χ4n) is 2.83. The Hall–Kier alpha value is -3.09. The smallest absolute Gasteiger partial charge is 0.342 e. The highest BCUT2D eigenvalue weighted by atomic mass is 16.5. The monoisotopic (exact) mass is 373 g/mol. The maximum atomic E-state index is 12.5. The lowest BCUT2D eigenvalue weighted by atomic mass is 10.1. The van der Waals surface area contributed by atoms with Crippen LogP contribution in [0.15, 0.2) is 24.3 Å². The number of aromatic hydroxyl groups is 1. The first kappa shape index (κ1) is 20.2. The van der Waals surface area contributed by atoms with Crippen LogP contribution in [-0.4, -0.2) is 41.1 Å². The Morgan fingerprint density at radius 2 is 1.78 bits per heavy atom. The van der Waals surface area contributed by atoms with Crippen LogP contribution in [0.4, 0.5) is 0 Å². The minimum absolute atomic E-state index is 0.0111. The largest absolute Gasteiger partial charge is 0.507 e. The van der Waals surface area contributed by atoms with Gasteiger partial charge >= 0.3 is 11.9 Å². The Kier molecular flexibility index (Phi) is 6.39. The number of ketones is 1. The molecule has 0 saturated heterocycles. The lowest BCUT2D eigenvalue weighted by Crippen LogP contribution is -2.15. The minimum Gasteiger partial charge on any atom is -0.507 e. The van der Waals surface area contributed by atoms with Crippen LogP contribution in [0.5, 0.6) is 5.75 Å². The number of carbonyl (C=O) groups is 3. The maximum absolute atomic E-state index is 12.5. The second kappa shape index (κ2) is 8.53. The van der Waals surface area contributed by atoms with Gasteiger partial charge in [-0.15, -0.1) is 0 Å². The molecule has 1 aromatic carbocycles. The first-order valence-corrected chi connectivity index (χ1v) is 8.48. The summed E-state index contributed by atoms with van der Waals surface area (Å²) in [7, 11) is 1.33. The van der Waals surface area contributed by atoms with Gasteiger partial charge in [-0.3, -0.25) is 9.59 Å². The molecule has 0 unspecified atom stereocenters. The summed E-state index contributed by atoms with van der Waals surface area (Å²) >= 11 is 0. The Morgan fingerprint density at radius 3 is 2.41 bits per heavy atom. The van der Waals surface area contributed by atoms with Gasteiger partial charge in [-0.05, 0) is 44.5 Å². The number of carbonyl (C=O) groups excluding carboxylic acids is 3. The predicted octanol–water partition coefficient (Wildman–Crippen LogP) is 2.72. The number of esters is 2. The number of hydrogen-bond donors (Lipinski definition) is 1. The average Bonchev–Trinajstić information content (AvgIpc) is 2.91. The number of aryl methyl sites for hydroxylation is 2. The van der Waals surface area contributed by atoms with Crippen LogP contribution in [-0.2, 0) is 20.8 Å². The van der Waals surface area contributed by atoms with Crippen molar-refractivity contribution in [3.05, 3.63) is 52.3 Å². The molecule has 0 aliphatic heterocycles. The summed E-state index contributed by atoms with van der Waals surface area (Å²) in [5.74, 6) is -1.64. The fourth-order valence-corrected chi connectivity index (χ4v) is 2.83. The summed E-state index contributed by atoms with van der Waals surface area (Å²) in [5.41, 5.74) is 2.76.